The van der Waals surface area contributed by atoms with Gasteiger partial charge in [-0.25, -0.2) is 9.37 Å². The van der Waals surface area contributed by atoms with Crippen molar-refractivity contribution in [3.05, 3.63) is 52.8 Å². The van der Waals surface area contributed by atoms with Gasteiger partial charge in [0.2, 0.25) is 0 Å². The second kappa shape index (κ2) is 5.31. The van der Waals surface area contributed by atoms with E-state index in [9.17, 15) is 9.18 Å². The zero-order chi connectivity index (χ0) is 13.1. The number of benzene rings is 1. The molecule has 0 spiro atoms. The average molecular weight is 267 g/mol. The molecule has 0 radical (unpaired) electrons. The van der Waals surface area contributed by atoms with Gasteiger partial charge in [0.15, 0.2) is 5.78 Å². The van der Waals surface area contributed by atoms with Crippen molar-refractivity contribution in [3.63, 3.8) is 0 Å². The monoisotopic (exact) mass is 266 g/mol. The van der Waals surface area contributed by atoms with Crippen molar-refractivity contribution in [2.75, 3.05) is 0 Å². The second-order valence-electron chi connectivity index (χ2n) is 4.00. The Bertz CT molecular complexity index is 580. The van der Waals surface area contributed by atoms with Crippen molar-refractivity contribution in [1.82, 2.24) is 9.55 Å². The molecule has 2 rings (SSSR count). The van der Waals surface area contributed by atoms with Crippen LogP contribution in [0.25, 0.3) is 0 Å². The fraction of sp³-hybridized carbons (Fsp3) is 0.231. The van der Waals surface area contributed by atoms with Crippen LogP contribution in [-0.2, 0) is 13.5 Å². The largest absolute Gasteiger partial charge is 0.338 e. The van der Waals surface area contributed by atoms with Crippen molar-refractivity contribution >= 4 is 17.4 Å². The van der Waals surface area contributed by atoms with Gasteiger partial charge in [-0.3, -0.25) is 4.79 Å². The van der Waals surface area contributed by atoms with Crippen LogP contribution in [-0.4, -0.2) is 15.3 Å². The summed E-state index contributed by atoms with van der Waals surface area (Å²) in [4.78, 5) is 16.0. The summed E-state index contributed by atoms with van der Waals surface area (Å²) in [6.45, 7) is 0. The van der Waals surface area contributed by atoms with E-state index in [1.54, 1.807) is 6.20 Å². The lowest BCUT2D eigenvalue weighted by atomic mass is 10.1. The maximum Gasteiger partial charge on any atom is 0.166 e. The molecular formula is C13H12ClFN2O. The molecule has 0 aliphatic rings. The molecule has 18 heavy (non-hydrogen) atoms. The molecule has 0 amide bonds. The minimum Gasteiger partial charge on any atom is -0.338 e. The standard InChI is InChI=1S/C13H12ClFN2O/c1-17-7-6-16-13(17)5-4-12(18)10-3-2-9(14)8-11(10)15/h2-3,6-8H,4-5H2,1H3. The van der Waals surface area contributed by atoms with Gasteiger partial charge < -0.3 is 4.57 Å². The molecule has 0 aliphatic heterocycles. The highest BCUT2D eigenvalue weighted by atomic mass is 35.5. The molecule has 0 fully saturated rings. The van der Waals surface area contributed by atoms with Gasteiger partial charge in [-0.1, -0.05) is 11.6 Å². The quantitative estimate of drug-likeness (QED) is 0.798. The fourth-order valence-electron chi connectivity index (χ4n) is 1.71. The van der Waals surface area contributed by atoms with Gasteiger partial charge in [-0.05, 0) is 18.2 Å². The van der Waals surface area contributed by atoms with E-state index in [1.165, 1.54) is 12.1 Å². The zero-order valence-electron chi connectivity index (χ0n) is 9.86. The Balaban J connectivity index is 2.06. The predicted molar refractivity (Wildman–Crippen MR) is 67.3 cm³/mol. The summed E-state index contributed by atoms with van der Waals surface area (Å²) in [5, 5.41) is 0.285. The van der Waals surface area contributed by atoms with E-state index in [-0.39, 0.29) is 22.8 Å². The smallest absolute Gasteiger partial charge is 0.166 e. The Labute approximate surface area is 109 Å². The topological polar surface area (TPSA) is 34.9 Å². The first kappa shape index (κ1) is 12.8. The van der Waals surface area contributed by atoms with E-state index in [2.05, 4.69) is 4.98 Å². The average Bonchev–Trinajstić information content (AvgIpc) is 2.72. The number of carbonyl (C=O) groups is 1. The van der Waals surface area contributed by atoms with Crippen LogP contribution in [0.4, 0.5) is 4.39 Å². The Morgan fingerprint density at radius 2 is 2.28 bits per heavy atom. The molecule has 1 aromatic carbocycles. The van der Waals surface area contributed by atoms with E-state index in [0.29, 0.717) is 6.42 Å². The van der Waals surface area contributed by atoms with Crippen molar-refractivity contribution in [1.29, 1.82) is 0 Å². The Hall–Kier alpha value is -1.68. The van der Waals surface area contributed by atoms with Crippen molar-refractivity contribution in [3.8, 4) is 0 Å². The third-order valence-electron chi connectivity index (χ3n) is 2.73. The van der Waals surface area contributed by atoms with E-state index < -0.39 is 5.82 Å². The molecule has 94 valence electrons. The molecule has 0 aliphatic carbocycles. The normalized spacial score (nSPS) is 10.6. The first-order valence-corrected chi connectivity index (χ1v) is 5.90. The summed E-state index contributed by atoms with van der Waals surface area (Å²) in [6.07, 6.45) is 4.19. The number of aromatic nitrogens is 2. The number of ketones is 1. The van der Waals surface area contributed by atoms with Gasteiger partial charge in [0.25, 0.3) is 0 Å². The van der Waals surface area contributed by atoms with Crippen LogP contribution in [0.5, 0.6) is 0 Å². The van der Waals surface area contributed by atoms with E-state index in [1.807, 2.05) is 17.8 Å². The Kier molecular flexibility index (Phi) is 3.77. The summed E-state index contributed by atoms with van der Waals surface area (Å²) in [5.74, 6) is -0.0165. The molecule has 2 aromatic rings. The molecule has 3 nitrogen and oxygen atoms in total. The van der Waals surface area contributed by atoms with E-state index in [4.69, 9.17) is 11.6 Å². The molecule has 0 saturated heterocycles. The SMILES string of the molecule is Cn1ccnc1CCC(=O)c1ccc(Cl)cc1F. The molecule has 0 saturated carbocycles. The fourth-order valence-corrected chi connectivity index (χ4v) is 1.87. The third kappa shape index (κ3) is 2.76. The first-order chi connectivity index (χ1) is 8.58. The lowest BCUT2D eigenvalue weighted by Crippen LogP contribution is -2.06. The molecule has 0 bridgehead atoms. The van der Waals surface area contributed by atoms with Crippen LogP contribution in [0.2, 0.25) is 5.02 Å². The van der Waals surface area contributed by atoms with Gasteiger partial charge in [0, 0.05) is 37.3 Å². The summed E-state index contributed by atoms with van der Waals surface area (Å²) in [7, 11) is 1.86. The molecule has 0 N–H and O–H groups in total. The van der Waals surface area contributed by atoms with Crippen LogP contribution in [0.3, 0.4) is 0 Å². The van der Waals surface area contributed by atoms with Crippen LogP contribution in [0, 0.1) is 5.82 Å². The summed E-state index contributed by atoms with van der Waals surface area (Å²) in [6, 6.07) is 4.08. The molecule has 5 heteroatoms. The van der Waals surface area contributed by atoms with Crippen LogP contribution in [0.1, 0.15) is 22.6 Å². The van der Waals surface area contributed by atoms with E-state index >= 15 is 0 Å². The lowest BCUT2D eigenvalue weighted by Gasteiger charge is -2.03. The molecular weight excluding hydrogens is 255 g/mol. The van der Waals surface area contributed by atoms with E-state index in [0.717, 1.165) is 11.9 Å². The molecule has 1 heterocycles. The Morgan fingerprint density at radius 3 is 2.89 bits per heavy atom. The van der Waals surface area contributed by atoms with Gasteiger partial charge >= 0.3 is 0 Å². The van der Waals surface area contributed by atoms with Crippen LogP contribution >= 0.6 is 11.6 Å². The lowest BCUT2D eigenvalue weighted by molar-refractivity contribution is 0.0978. The molecule has 0 unspecified atom stereocenters. The van der Waals surface area contributed by atoms with Gasteiger partial charge in [0.05, 0.1) is 5.56 Å². The number of rotatable bonds is 4. The number of Topliss-reactive ketones (excluding diaryl/α,β-unsaturated/α-hetero) is 1. The minimum atomic E-state index is -0.577. The third-order valence-corrected chi connectivity index (χ3v) is 2.96. The van der Waals surface area contributed by atoms with Gasteiger partial charge in [0.1, 0.15) is 11.6 Å². The number of hydrogen-bond acceptors (Lipinski definition) is 2. The molecule has 1 aromatic heterocycles. The van der Waals surface area contributed by atoms with Crippen molar-refractivity contribution in [2.24, 2.45) is 7.05 Å². The second-order valence-corrected chi connectivity index (χ2v) is 4.44. The van der Waals surface area contributed by atoms with Crippen molar-refractivity contribution < 1.29 is 9.18 Å². The number of aryl methyl sites for hydroxylation is 2. The summed E-state index contributed by atoms with van der Waals surface area (Å²) < 4.78 is 15.4. The number of imidazole rings is 1. The maximum absolute atomic E-state index is 13.5. The van der Waals surface area contributed by atoms with Crippen LogP contribution in [0.15, 0.2) is 30.6 Å². The number of halogens is 2. The number of nitrogens with zero attached hydrogens (tertiary/aromatic N) is 2. The summed E-state index contributed by atoms with van der Waals surface area (Å²) >= 11 is 5.64. The van der Waals surface area contributed by atoms with Crippen molar-refractivity contribution in [2.45, 2.75) is 12.8 Å². The minimum absolute atomic E-state index is 0.0774. The maximum atomic E-state index is 13.5. The summed E-state index contributed by atoms with van der Waals surface area (Å²) in [5.41, 5.74) is 0.0774. The highest BCUT2D eigenvalue weighted by molar-refractivity contribution is 6.30. The number of carbonyl (C=O) groups excluding carboxylic acids is 1. The first-order valence-electron chi connectivity index (χ1n) is 5.52. The number of hydrogen-bond donors (Lipinski definition) is 0. The Morgan fingerprint density at radius 1 is 1.50 bits per heavy atom. The highest BCUT2D eigenvalue weighted by Gasteiger charge is 2.13. The van der Waals surface area contributed by atoms with Gasteiger partial charge in [-0.15, -0.1) is 0 Å². The van der Waals surface area contributed by atoms with Gasteiger partial charge in [-0.2, -0.15) is 0 Å². The molecule has 0 atom stereocenters. The predicted octanol–water partition coefficient (Wildman–Crippen LogP) is 3.03. The zero-order valence-corrected chi connectivity index (χ0v) is 10.6. The highest BCUT2D eigenvalue weighted by Crippen LogP contribution is 2.16. The van der Waals surface area contributed by atoms with Crippen LogP contribution < -0.4 is 0 Å².